The van der Waals surface area contributed by atoms with E-state index in [-0.39, 0.29) is 12.3 Å². The number of allylic oxidation sites excluding steroid dienone is 3. The number of rotatable bonds is 14. The van der Waals surface area contributed by atoms with Crippen LogP contribution in [0.4, 0.5) is 4.39 Å². The third-order valence-corrected chi connectivity index (χ3v) is 7.15. The van der Waals surface area contributed by atoms with Gasteiger partial charge in [-0.05, 0) is 63.9 Å². The maximum atomic E-state index is 15.2. The summed E-state index contributed by atoms with van der Waals surface area (Å²) < 4.78 is 27.2. The van der Waals surface area contributed by atoms with Crippen LogP contribution in [-0.2, 0) is 14.3 Å². The lowest BCUT2D eigenvalue weighted by Crippen LogP contribution is -2.52. The predicted molar refractivity (Wildman–Crippen MR) is 128 cm³/mol. The van der Waals surface area contributed by atoms with E-state index in [2.05, 4.69) is 0 Å². The number of hydrogen-bond acceptors (Lipinski definition) is 4. The van der Waals surface area contributed by atoms with E-state index in [1.54, 1.807) is 13.0 Å². The van der Waals surface area contributed by atoms with Crippen molar-refractivity contribution in [3.8, 4) is 0 Å². The third-order valence-electron chi connectivity index (χ3n) is 7.15. The van der Waals surface area contributed by atoms with Gasteiger partial charge in [-0.1, -0.05) is 51.7 Å². The van der Waals surface area contributed by atoms with Crippen LogP contribution in [0.25, 0.3) is 0 Å². The first-order chi connectivity index (χ1) is 15.7. The highest BCUT2D eigenvalue weighted by atomic mass is 19.1. The molecule has 4 atom stereocenters. The minimum Gasteiger partial charge on any atom is -0.479 e. The van der Waals surface area contributed by atoms with Gasteiger partial charge in [0.25, 0.3) is 0 Å². The third kappa shape index (κ3) is 8.10. The molecular weight excluding hydrogens is 423 g/mol. The highest BCUT2D eigenvalue weighted by Crippen LogP contribution is 2.44. The molecule has 2 aliphatic rings. The zero-order chi connectivity index (χ0) is 24.3. The Morgan fingerprint density at radius 2 is 1.88 bits per heavy atom. The number of ether oxygens (including phenoxy) is 2. The van der Waals surface area contributed by atoms with Crippen molar-refractivity contribution in [2.24, 2.45) is 11.8 Å². The van der Waals surface area contributed by atoms with E-state index in [1.165, 1.54) is 0 Å². The van der Waals surface area contributed by atoms with Crippen molar-refractivity contribution in [2.45, 2.75) is 122 Å². The van der Waals surface area contributed by atoms with Crippen molar-refractivity contribution in [1.29, 1.82) is 0 Å². The maximum Gasteiger partial charge on any atom is 0.336 e. The molecule has 2 unspecified atom stereocenters. The van der Waals surface area contributed by atoms with Gasteiger partial charge in [-0.25, -0.2) is 9.18 Å². The molecule has 1 saturated carbocycles. The Morgan fingerprint density at radius 3 is 2.45 bits per heavy atom. The van der Waals surface area contributed by atoms with Crippen molar-refractivity contribution >= 4 is 5.97 Å². The average Bonchev–Trinajstić information content (AvgIpc) is 3.34. The van der Waals surface area contributed by atoms with Crippen LogP contribution in [0.15, 0.2) is 24.0 Å². The molecule has 33 heavy (non-hydrogen) atoms. The molecule has 2 fully saturated rings. The van der Waals surface area contributed by atoms with E-state index in [1.807, 2.05) is 26.0 Å². The summed E-state index contributed by atoms with van der Waals surface area (Å²) in [6.07, 6.45) is 14.2. The van der Waals surface area contributed by atoms with Gasteiger partial charge in [0.1, 0.15) is 11.4 Å². The van der Waals surface area contributed by atoms with Gasteiger partial charge in [-0.2, -0.15) is 0 Å². The molecular formula is C27H45FO5. The minimum atomic E-state index is -1.97. The Morgan fingerprint density at radius 1 is 1.18 bits per heavy atom. The quantitative estimate of drug-likeness (QED) is 0.219. The second-order valence-electron chi connectivity index (χ2n) is 10.0. The molecule has 6 heteroatoms. The summed E-state index contributed by atoms with van der Waals surface area (Å²) in [4.78, 5) is 12.6. The van der Waals surface area contributed by atoms with E-state index in [0.717, 1.165) is 44.9 Å². The number of halogens is 1. The van der Waals surface area contributed by atoms with Gasteiger partial charge >= 0.3 is 5.97 Å². The second kappa shape index (κ2) is 13.5. The lowest BCUT2D eigenvalue weighted by molar-refractivity contribution is -0.182. The number of carboxylic acid groups (broad SMARTS) is 1. The van der Waals surface area contributed by atoms with Crippen molar-refractivity contribution < 1.29 is 28.9 Å². The Kier molecular flexibility index (Phi) is 11.4. The largest absolute Gasteiger partial charge is 0.479 e. The van der Waals surface area contributed by atoms with Crippen LogP contribution in [0.2, 0.25) is 0 Å². The number of alkyl halides is 1. The highest BCUT2D eigenvalue weighted by Gasteiger charge is 2.53. The molecule has 0 bridgehead atoms. The summed E-state index contributed by atoms with van der Waals surface area (Å²) in [5.41, 5.74) is -3.39. The SMILES string of the molecule is CCC=CC[C@@H](C(=CCC(C)(F)CCCC)OC1CCCCO1)[C@@](O)(C(=O)O)C1CCCC1. The molecule has 1 aliphatic carbocycles. The minimum absolute atomic E-state index is 0.114. The fourth-order valence-corrected chi connectivity index (χ4v) is 5.08. The number of carboxylic acids is 1. The van der Waals surface area contributed by atoms with Crippen LogP contribution in [0.5, 0.6) is 0 Å². The van der Waals surface area contributed by atoms with Crippen molar-refractivity contribution in [2.75, 3.05) is 6.61 Å². The number of unbranched alkanes of at least 4 members (excludes halogenated alkanes) is 1. The van der Waals surface area contributed by atoms with E-state index >= 15 is 4.39 Å². The molecule has 0 radical (unpaired) electrons. The van der Waals surface area contributed by atoms with Crippen LogP contribution in [0, 0.1) is 11.8 Å². The van der Waals surface area contributed by atoms with Gasteiger partial charge in [0.2, 0.25) is 0 Å². The molecule has 2 N–H and O–H groups in total. The monoisotopic (exact) mass is 468 g/mol. The number of aliphatic carboxylic acids is 1. The van der Waals surface area contributed by atoms with Crippen LogP contribution in [-0.4, -0.2) is 40.3 Å². The van der Waals surface area contributed by atoms with Gasteiger partial charge in [0, 0.05) is 12.8 Å². The Bertz CT molecular complexity index is 647. The first-order valence-electron chi connectivity index (χ1n) is 13.0. The summed E-state index contributed by atoms with van der Waals surface area (Å²) in [7, 11) is 0. The number of carbonyl (C=O) groups is 1. The van der Waals surface area contributed by atoms with Gasteiger partial charge < -0.3 is 19.7 Å². The van der Waals surface area contributed by atoms with Crippen molar-refractivity contribution in [1.82, 2.24) is 0 Å². The molecule has 1 saturated heterocycles. The van der Waals surface area contributed by atoms with Crippen LogP contribution < -0.4 is 0 Å². The summed E-state index contributed by atoms with van der Waals surface area (Å²) in [5.74, 6) is -2.02. The maximum absolute atomic E-state index is 15.2. The summed E-state index contributed by atoms with van der Waals surface area (Å²) in [6.45, 7) is 6.21. The van der Waals surface area contributed by atoms with E-state index in [0.29, 0.717) is 44.5 Å². The predicted octanol–water partition coefficient (Wildman–Crippen LogP) is 6.70. The first-order valence-corrected chi connectivity index (χ1v) is 13.0. The zero-order valence-electron chi connectivity index (χ0n) is 20.9. The summed E-state index contributed by atoms with van der Waals surface area (Å²) in [5, 5.41) is 22.0. The second-order valence-corrected chi connectivity index (χ2v) is 10.0. The standard InChI is InChI=1S/C27H45FO5/c1-4-6-8-15-22(27(31,25(29)30)21-13-9-10-14-21)23(33-24-16-11-12-20-32-24)17-19-26(3,28)18-7-5-2/h6,8,17,21-22,24,31H,4-5,7,9-16,18-20H2,1-3H3,(H,29,30)/t22-,24?,26?,27+/m0/s1. The topological polar surface area (TPSA) is 76.0 Å². The smallest absolute Gasteiger partial charge is 0.336 e. The number of aliphatic hydroxyl groups is 1. The molecule has 0 aromatic rings. The molecule has 0 spiro atoms. The highest BCUT2D eigenvalue weighted by molar-refractivity contribution is 5.78. The normalized spacial score (nSPS) is 25.0. The average molecular weight is 469 g/mol. The number of hydrogen-bond donors (Lipinski definition) is 2. The Hall–Kier alpha value is -1.40. The van der Waals surface area contributed by atoms with Crippen molar-refractivity contribution in [3.05, 3.63) is 24.0 Å². The first kappa shape index (κ1) is 27.8. The molecule has 190 valence electrons. The van der Waals surface area contributed by atoms with Gasteiger partial charge in [-0.15, -0.1) is 0 Å². The molecule has 0 amide bonds. The lowest BCUT2D eigenvalue weighted by Gasteiger charge is -2.39. The van der Waals surface area contributed by atoms with Gasteiger partial charge in [0.05, 0.1) is 12.5 Å². The fraction of sp³-hybridized carbons (Fsp3) is 0.815. The Balaban J connectivity index is 2.43. The van der Waals surface area contributed by atoms with Crippen LogP contribution in [0.1, 0.15) is 104 Å². The van der Waals surface area contributed by atoms with Crippen molar-refractivity contribution in [3.63, 3.8) is 0 Å². The zero-order valence-corrected chi connectivity index (χ0v) is 20.9. The van der Waals surface area contributed by atoms with E-state index in [4.69, 9.17) is 9.47 Å². The molecule has 0 aromatic carbocycles. The lowest BCUT2D eigenvalue weighted by atomic mass is 9.73. The molecule has 1 heterocycles. The van der Waals surface area contributed by atoms with Gasteiger partial charge in [-0.3, -0.25) is 0 Å². The van der Waals surface area contributed by atoms with E-state index < -0.39 is 29.4 Å². The summed E-state index contributed by atoms with van der Waals surface area (Å²) in [6, 6.07) is 0. The molecule has 1 aliphatic heterocycles. The van der Waals surface area contributed by atoms with Crippen LogP contribution >= 0.6 is 0 Å². The molecule has 5 nitrogen and oxygen atoms in total. The molecule has 2 rings (SSSR count). The van der Waals surface area contributed by atoms with E-state index in [9.17, 15) is 15.0 Å². The Labute approximate surface area is 199 Å². The molecule has 0 aromatic heterocycles. The fourth-order valence-electron chi connectivity index (χ4n) is 5.08. The summed E-state index contributed by atoms with van der Waals surface area (Å²) >= 11 is 0. The van der Waals surface area contributed by atoms with Gasteiger partial charge in [0.15, 0.2) is 11.9 Å². The van der Waals surface area contributed by atoms with Crippen LogP contribution in [0.3, 0.4) is 0 Å².